The zero-order valence-corrected chi connectivity index (χ0v) is 5.74. The second-order valence-electron chi connectivity index (χ2n) is 1.88. The summed E-state index contributed by atoms with van der Waals surface area (Å²) in [5, 5.41) is 8.71. The van der Waals surface area contributed by atoms with E-state index in [4.69, 9.17) is 9.84 Å². The molecule has 0 aliphatic carbocycles. The molecule has 0 bridgehead atoms. The second-order valence-corrected chi connectivity index (χ2v) is 1.88. The molecule has 0 saturated heterocycles. The molecule has 1 aromatic heterocycles. The van der Waals surface area contributed by atoms with E-state index in [1.54, 1.807) is 12.4 Å². The molecule has 0 saturated carbocycles. The van der Waals surface area contributed by atoms with Crippen LogP contribution < -0.4 is 0 Å². The van der Waals surface area contributed by atoms with E-state index < -0.39 is 0 Å². The standard InChI is InChI=1S/C6H10N2O2/c1-10-5(4-9)6-7-2-3-8-6/h2-3,5,9H,4H2,1H3,(H,7,8). The Morgan fingerprint density at radius 1 is 1.90 bits per heavy atom. The zero-order chi connectivity index (χ0) is 7.40. The van der Waals surface area contributed by atoms with Gasteiger partial charge in [-0.2, -0.15) is 0 Å². The quantitative estimate of drug-likeness (QED) is 0.628. The monoisotopic (exact) mass is 142 g/mol. The Morgan fingerprint density at radius 2 is 2.70 bits per heavy atom. The molecule has 1 atom stereocenters. The number of imidazole rings is 1. The SMILES string of the molecule is COC(CO)c1ncc[nH]1. The van der Waals surface area contributed by atoms with E-state index >= 15 is 0 Å². The van der Waals surface area contributed by atoms with Gasteiger partial charge in [0, 0.05) is 19.5 Å². The summed E-state index contributed by atoms with van der Waals surface area (Å²) in [6.07, 6.45) is 2.99. The van der Waals surface area contributed by atoms with Gasteiger partial charge in [0.25, 0.3) is 0 Å². The Bertz CT molecular complexity index is 170. The van der Waals surface area contributed by atoms with Crippen molar-refractivity contribution in [2.75, 3.05) is 13.7 Å². The van der Waals surface area contributed by atoms with Crippen LogP contribution in [0.25, 0.3) is 0 Å². The largest absolute Gasteiger partial charge is 0.393 e. The van der Waals surface area contributed by atoms with Gasteiger partial charge in [-0.15, -0.1) is 0 Å². The van der Waals surface area contributed by atoms with Crippen LogP contribution in [-0.4, -0.2) is 28.8 Å². The summed E-state index contributed by atoms with van der Waals surface area (Å²) in [6.45, 7) is -0.0516. The van der Waals surface area contributed by atoms with Gasteiger partial charge in [0.05, 0.1) is 6.61 Å². The molecule has 0 aliphatic heterocycles. The molecule has 4 heteroatoms. The van der Waals surface area contributed by atoms with Crippen molar-refractivity contribution in [1.29, 1.82) is 0 Å². The number of ether oxygens (including phenoxy) is 1. The van der Waals surface area contributed by atoms with Crippen molar-refractivity contribution in [2.45, 2.75) is 6.10 Å². The number of aromatic amines is 1. The number of aromatic nitrogens is 2. The van der Waals surface area contributed by atoms with Gasteiger partial charge in [-0.05, 0) is 0 Å². The summed E-state index contributed by atoms with van der Waals surface area (Å²) in [5.74, 6) is 0.657. The third kappa shape index (κ3) is 1.34. The number of hydrogen-bond donors (Lipinski definition) is 2. The molecule has 1 rings (SSSR count). The van der Waals surface area contributed by atoms with Crippen molar-refractivity contribution in [3.05, 3.63) is 18.2 Å². The molecular formula is C6H10N2O2. The van der Waals surface area contributed by atoms with E-state index in [1.165, 1.54) is 7.11 Å². The minimum Gasteiger partial charge on any atom is -0.393 e. The molecule has 0 radical (unpaired) electrons. The van der Waals surface area contributed by atoms with Crippen molar-refractivity contribution >= 4 is 0 Å². The first-order valence-electron chi connectivity index (χ1n) is 3.01. The number of aliphatic hydroxyl groups excluding tert-OH is 1. The highest BCUT2D eigenvalue weighted by Crippen LogP contribution is 2.08. The first-order chi connectivity index (χ1) is 4.88. The zero-order valence-electron chi connectivity index (χ0n) is 5.74. The van der Waals surface area contributed by atoms with E-state index in [-0.39, 0.29) is 12.7 Å². The fraction of sp³-hybridized carbons (Fsp3) is 0.500. The van der Waals surface area contributed by atoms with Crippen LogP contribution >= 0.6 is 0 Å². The highest BCUT2D eigenvalue weighted by molar-refractivity contribution is 4.91. The van der Waals surface area contributed by atoms with Crippen LogP contribution in [0.4, 0.5) is 0 Å². The number of nitrogens with one attached hydrogen (secondary N) is 1. The van der Waals surface area contributed by atoms with Gasteiger partial charge in [0.15, 0.2) is 0 Å². The Labute approximate surface area is 58.9 Å². The van der Waals surface area contributed by atoms with Crippen LogP contribution in [-0.2, 0) is 4.74 Å². The van der Waals surface area contributed by atoms with Gasteiger partial charge in [-0.1, -0.05) is 0 Å². The molecule has 4 nitrogen and oxygen atoms in total. The van der Waals surface area contributed by atoms with Crippen LogP contribution in [0.15, 0.2) is 12.4 Å². The van der Waals surface area contributed by atoms with E-state index in [0.717, 1.165) is 0 Å². The summed E-state index contributed by atoms with van der Waals surface area (Å²) >= 11 is 0. The molecular weight excluding hydrogens is 132 g/mol. The fourth-order valence-electron chi connectivity index (χ4n) is 0.726. The number of aliphatic hydroxyl groups is 1. The summed E-state index contributed by atoms with van der Waals surface area (Å²) < 4.78 is 4.90. The maximum atomic E-state index is 8.71. The van der Waals surface area contributed by atoms with Crippen LogP contribution in [0.1, 0.15) is 11.9 Å². The highest BCUT2D eigenvalue weighted by atomic mass is 16.5. The first kappa shape index (κ1) is 7.24. The lowest BCUT2D eigenvalue weighted by atomic mass is 10.4. The summed E-state index contributed by atoms with van der Waals surface area (Å²) in [5.41, 5.74) is 0. The highest BCUT2D eigenvalue weighted by Gasteiger charge is 2.09. The first-order valence-corrected chi connectivity index (χ1v) is 3.01. The Balaban J connectivity index is 2.64. The van der Waals surface area contributed by atoms with E-state index in [1.807, 2.05) is 0 Å². The molecule has 10 heavy (non-hydrogen) atoms. The maximum Gasteiger partial charge on any atom is 0.138 e. The van der Waals surface area contributed by atoms with Crippen molar-refractivity contribution in [3.8, 4) is 0 Å². The minimum absolute atomic E-state index is 0.0516. The lowest BCUT2D eigenvalue weighted by molar-refractivity contribution is 0.0429. The number of H-pyrrole nitrogens is 1. The molecule has 0 spiro atoms. The lowest BCUT2D eigenvalue weighted by Crippen LogP contribution is -2.07. The van der Waals surface area contributed by atoms with Crippen LogP contribution in [0, 0.1) is 0 Å². The molecule has 0 aromatic carbocycles. The minimum atomic E-state index is -0.324. The van der Waals surface area contributed by atoms with Gasteiger partial charge in [0.2, 0.25) is 0 Å². The number of rotatable bonds is 3. The molecule has 1 unspecified atom stereocenters. The fourth-order valence-corrected chi connectivity index (χ4v) is 0.726. The number of methoxy groups -OCH3 is 1. The topological polar surface area (TPSA) is 58.1 Å². The van der Waals surface area contributed by atoms with Gasteiger partial charge >= 0.3 is 0 Å². The van der Waals surface area contributed by atoms with Crippen LogP contribution in [0.3, 0.4) is 0 Å². The van der Waals surface area contributed by atoms with E-state index in [2.05, 4.69) is 9.97 Å². The van der Waals surface area contributed by atoms with E-state index in [0.29, 0.717) is 5.82 Å². The maximum absolute atomic E-state index is 8.71. The predicted molar refractivity (Wildman–Crippen MR) is 35.4 cm³/mol. The average molecular weight is 142 g/mol. The Hall–Kier alpha value is -0.870. The Morgan fingerprint density at radius 3 is 3.10 bits per heavy atom. The van der Waals surface area contributed by atoms with Crippen LogP contribution in [0.2, 0.25) is 0 Å². The summed E-state index contributed by atoms with van der Waals surface area (Å²) in [7, 11) is 1.53. The molecule has 0 aliphatic rings. The smallest absolute Gasteiger partial charge is 0.138 e. The molecule has 0 fully saturated rings. The van der Waals surface area contributed by atoms with Gasteiger partial charge in [-0.3, -0.25) is 0 Å². The number of hydrogen-bond acceptors (Lipinski definition) is 3. The molecule has 0 amide bonds. The molecule has 2 N–H and O–H groups in total. The normalized spacial score (nSPS) is 13.4. The Kier molecular flexibility index (Phi) is 2.42. The predicted octanol–water partition coefficient (Wildman–Crippen LogP) is 0.0895. The third-order valence-electron chi connectivity index (χ3n) is 1.27. The van der Waals surface area contributed by atoms with Crippen molar-refractivity contribution in [3.63, 3.8) is 0 Å². The number of nitrogens with zero attached hydrogens (tertiary/aromatic N) is 1. The lowest BCUT2D eigenvalue weighted by Gasteiger charge is -2.07. The summed E-state index contributed by atoms with van der Waals surface area (Å²) in [4.78, 5) is 6.76. The third-order valence-corrected chi connectivity index (χ3v) is 1.27. The van der Waals surface area contributed by atoms with Crippen molar-refractivity contribution in [2.24, 2.45) is 0 Å². The summed E-state index contributed by atoms with van der Waals surface area (Å²) in [6, 6.07) is 0. The average Bonchev–Trinajstić information content (AvgIpc) is 2.43. The molecule has 1 aromatic rings. The molecule has 1 heterocycles. The van der Waals surface area contributed by atoms with Gasteiger partial charge in [-0.25, -0.2) is 4.98 Å². The van der Waals surface area contributed by atoms with Crippen LogP contribution in [0.5, 0.6) is 0 Å². The van der Waals surface area contributed by atoms with Crippen molar-refractivity contribution in [1.82, 2.24) is 9.97 Å². The van der Waals surface area contributed by atoms with Gasteiger partial charge < -0.3 is 14.8 Å². The van der Waals surface area contributed by atoms with Crippen molar-refractivity contribution < 1.29 is 9.84 Å². The van der Waals surface area contributed by atoms with Gasteiger partial charge in [0.1, 0.15) is 11.9 Å². The second kappa shape index (κ2) is 3.34. The molecule has 56 valence electrons. The van der Waals surface area contributed by atoms with E-state index in [9.17, 15) is 0 Å².